The van der Waals surface area contributed by atoms with E-state index in [0.717, 1.165) is 17.8 Å². The van der Waals surface area contributed by atoms with Gasteiger partial charge in [0.2, 0.25) is 5.12 Å². The lowest BCUT2D eigenvalue weighted by atomic mass is 10.1. The van der Waals surface area contributed by atoms with Crippen LogP contribution in [0.3, 0.4) is 0 Å². The first-order valence-electron chi connectivity index (χ1n) is 4.72. The van der Waals surface area contributed by atoms with Gasteiger partial charge in [0.25, 0.3) is 0 Å². The van der Waals surface area contributed by atoms with E-state index in [-0.39, 0.29) is 5.12 Å². The summed E-state index contributed by atoms with van der Waals surface area (Å²) in [5, 5.41) is 3.76. The van der Waals surface area contributed by atoms with Crippen LogP contribution in [0.1, 0.15) is 22.8 Å². The van der Waals surface area contributed by atoms with Crippen LogP contribution in [0.5, 0.6) is 0 Å². The molecule has 0 aliphatic heterocycles. The average molecular weight is 244 g/mol. The zero-order valence-electron chi connectivity index (χ0n) is 9.06. The van der Waals surface area contributed by atoms with Gasteiger partial charge in [-0.25, -0.2) is 0 Å². The normalized spacial score (nSPS) is 10.1. The number of nitrogens with one attached hydrogen (secondary N) is 1. The van der Waals surface area contributed by atoms with E-state index >= 15 is 0 Å². The number of carbonyl (C=O) groups excluding carboxylic acids is 1. The largest absolute Gasteiger partial charge is 0.384 e. The smallest absolute Gasteiger partial charge is 0.221 e. The van der Waals surface area contributed by atoms with Crippen molar-refractivity contribution in [2.75, 3.05) is 18.1 Å². The molecule has 0 unspecified atom stereocenters. The van der Waals surface area contributed by atoms with Gasteiger partial charge < -0.3 is 5.32 Å². The number of rotatable bonds is 3. The molecule has 1 rings (SSSR count). The van der Waals surface area contributed by atoms with E-state index in [0.29, 0.717) is 10.6 Å². The minimum atomic E-state index is 0.0385. The van der Waals surface area contributed by atoms with E-state index in [1.807, 2.05) is 26.0 Å². The first kappa shape index (κ1) is 12.4. The van der Waals surface area contributed by atoms with Crippen molar-refractivity contribution in [1.82, 2.24) is 0 Å². The number of halogens is 1. The summed E-state index contributed by atoms with van der Waals surface area (Å²) in [7, 11) is 0. The van der Waals surface area contributed by atoms with E-state index in [1.54, 1.807) is 6.26 Å². The quantitative estimate of drug-likeness (QED) is 0.880. The lowest BCUT2D eigenvalue weighted by Crippen LogP contribution is -2.05. The van der Waals surface area contributed by atoms with Gasteiger partial charge in [-0.05, 0) is 37.8 Å². The van der Waals surface area contributed by atoms with Crippen LogP contribution >= 0.6 is 23.4 Å². The molecule has 0 heterocycles. The second-order valence-corrected chi connectivity index (χ2v) is 4.38. The Morgan fingerprint density at radius 3 is 2.73 bits per heavy atom. The molecule has 0 saturated heterocycles. The molecule has 0 atom stereocenters. The molecular weight excluding hydrogens is 230 g/mol. The maximum atomic E-state index is 11.7. The van der Waals surface area contributed by atoms with Crippen LogP contribution in [-0.4, -0.2) is 17.9 Å². The molecule has 0 amide bonds. The van der Waals surface area contributed by atoms with Crippen molar-refractivity contribution in [3.05, 3.63) is 28.3 Å². The number of carbonyl (C=O) groups is 1. The Bertz CT molecular complexity index is 379. The number of anilines is 1. The highest BCUT2D eigenvalue weighted by Gasteiger charge is 2.13. The Balaban J connectivity index is 3.26. The maximum Gasteiger partial charge on any atom is 0.221 e. The van der Waals surface area contributed by atoms with E-state index in [1.165, 1.54) is 11.8 Å². The van der Waals surface area contributed by atoms with Gasteiger partial charge in [-0.15, -0.1) is 0 Å². The molecule has 0 aliphatic carbocycles. The van der Waals surface area contributed by atoms with Gasteiger partial charge in [-0.2, -0.15) is 0 Å². The van der Waals surface area contributed by atoms with Gasteiger partial charge in [0.1, 0.15) is 0 Å². The number of hydrogen-bond donors (Lipinski definition) is 1. The SMILES string of the molecule is CCNc1c(Cl)cc(C)cc1C(=O)SC. The molecule has 0 spiro atoms. The van der Waals surface area contributed by atoms with Gasteiger partial charge >= 0.3 is 0 Å². The second-order valence-electron chi connectivity index (χ2n) is 3.19. The first-order valence-corrected chi connectivity index (χ1v) is 6.32. The molecule has 0 radical (unpaired) electrons. The molecule has 0 saturated carbocycles. The van der Waals surface area contributed by atoms with Crippen LogP contribution in [0.2, 0.25) is 5.02 Å². The molecule has 0 fully saturated rings. The van der Waals surface area contributed by atoms with Crippen LogP contribution in [0.25, 0.3) is 0 Å². The van der Waals surface area contributed by atoms with E-state index < -0.39 is 0 Å². The van der Waals surface area contributed by atoms with Crippen molar-refractivity contribution in [3.63, 3.8) is 0 Å². The number of thioether (sulfide) groups is 1. The lowest BCUT2D eigenvalue weighted by Gasteiger charge is -2.12. The zero-order valence-corrected chi connectivity index (χ0v) is 10.6. The number of hydrogen-bond acceptors (Lipinski definition) is 3. The highest BCUT2D eigenvalue weighted by atomic mass is 35.5. The summed E-state index contributed by atoms with van der Waals surface area (Å²) in [5.41, 5.74) is 2.40. The van der Waals surface area contributed by atoms with Gasteiger partial charge in [0, 0.05) is 6.54 Å². The molecule has 2 nitrogen and oxygen atoms in total. The summed E-state index contributed by atoms with van der Waals surface area (Å²) in [4.78, 5) is 11.7. The third-order valence-electron chi connectivity index (χ3n) is 1.99. The zero-order chi connectivity index (χ0) is 11.4. The predicted octanol–water partition coefficient (Wildman–Crippen LogP) is 3.58. The van der Waals surface area contributed by atoms with Crippen molar-refractivity contribution < 1.29 is 4.79 Å². The van der Waals surface area contributed by atoms with Gasteiger partial charge in [0.15, 0.2) is 0 Å². The summed E-state index contributed by atoms with van der Waals surface area (Å²) < 4.78 is 0. The molecule has 1 N–H and O–H groups in total. The Morgan fingerprint density at radius 1 is 1.53 bits per heavy atom. The molecule has 4 heteroatoms. The maximum absolute atomic E-state index is 11.7. The third kappa shape index (κ3) is 2.89. The molecule has 15 heavy (non-hydrogen) atoms. The Hall–Kier alpha value is -0.670. The highest BCUT2D eigenvalue weighted by Crippen LogP contribution is 2.29. The molecule has 82 valence electrons. The summed E-state index contributed by atoms with van der Waals surface area (Å²) in [6, 6.07) is 3.72. The topological polar surface area (TPSA) is 29.1 Å². The molecule has 0 aliphatic rings. The fraction of sp³-hybridized carbons (Fsp3) is 0.364. The van der Waals surface area contributed by atoms with Crippen molar-refractivity contribution in [2.45, 2.75) is 13.8 Å². The molecule has 1 aromatic carbocycles. The number of aryl methyl sites for hydroxylation is 1. The fourth-order valence-electron chi connectivity index (χ4n) is 1.37. The van der Waals surface area contributed by atoms with Crippen molar-refractivity contribution in [3.8, 4) is 0 Å². The summed E-state index contributed by atoms with van der Waals surface area (Å²) >= 11 is 7.29. The summed E-state index contributed by atoms with van der Waals surface area (Å²) in [5.74, 6) is 0. The summed E-state index contributed by atoms with van der Waals surface area (Å²) in [6.45, 7) is 4.65. The second kappa shape index (κ2) is 5.42. The Kier molecular flexibility index (Phi) is 4.48. The van der Waals surface area contributed by atoms with Crippen molar-refractivity contribution in [2.24, 2.45) is 0 Å². The minimum Gasteiger partial charge on any atom is -0.384 e. The van der Waals surface area contributed by atoms with Gasteiger partial charge in [-0.1, -0.05) is 23.4 Å². The summed E-state index contributed by atoms with van der Waals surface area (Å²) in [6.07, 6.45) is 1.77. The molecule has 0 bridgehead atoms. The number of benzene rings is 1. The van der Waals surface area contributed by atoms with Gasteiger partial charge in [0.05, 0.1) is 16.3 Å². The van der Waals surface area contributed by atoms with E-state index in [2.05, 4.69) is 5.32 Å². The van der Waals surface area contributed by atoms with Crippen LogP contribution in [0, 0.1) is 6.92 Å². The van der Waals surface area contributed by atoms with Crippen LogP contribution in [0.4, 0.5) is 5.69 Å². The third-order valence-corrected chi connectivity index (χ3v) is 2.88. The Morgan fingerprint density at radius 2 is 2.20 bits per heavy atom. The molecular formula is C11H14ClNOS. The Labute approximate surface area is 99.4 Å². The average Bonchev–Trinajstić information content (AvgIpc) is 2.20. The highest BCUT2D eigenvalue weighted by molar-refractivity contribution is 8.13. The van der Waals surface area contributed by atoms with Crippen LogP contribution in [-0.2, 0) is 0 Å². The predicted molar refractivity (Wildman–Crippen MR) is 68.2 cm³/mol. The van der Waals surface area contributed by atoms with Crippen LogP contribution in [0.15, 0.2) is 12.1 Å². The first-order chi connectivity index (χ1) is 7.10. The van der Waals surface area contributed by atoms with Crippen LogP contribution < -0.4 is 5.32 Å². The van der Waals surface area contributed by atoms with E-state index in [9.17, 15) is 4.79 Å². The van der Waals surface area contributed by atoms with Crippen molar-refractivity contribution in [1.29, 1.82) is 0 Å². The fourth-order valence-corrected chi connectivity index (χ4v) is 2.09. The monoisotopic (exact) mass is 243 g/mol. The standard InChI is InChI=1S/C11H14ClNOS/c1-4-13-10-8(11(14)15-3)5-7(2)6-9(10)12/h5-6,13H,4H2,1-3H3. The minimum absolute atomic E-state index is 0.0385. The van der Waals surface area contributed by atoms with E-state index in [4.69, 9.17) is 11.6 Å². The lowest BCUT2D eigenvalue weighted by molar-refractivity contribution is 0.109. The molecule has 0 aromatic heterocycles. The molecule has 1 aromatic rings. The van der Waals surface area contributed by atoms with Crippen molar-refractivity contribution >= 4 is 34.2 Å². The van der Waals surface area contributed by atoms with Gasteiger partial charge in [-0.3, -0.25) is 4.79 Å².